The molecule has 1 aliphatic carbocycles. The van der Waals surface area contributed by atoms with Crippen molar-refractivity contribution in [1.82, 2.24) is 4.90 Å². The minimum atomic E-state index is -4.64. The zero-order valence-electron chi connectivity index (χ0n) is 16.5. The number of nitro groups is 1. The summed E-state index contributed by atoms with van der Waals surface area (Å²) in [4.78, 5) is 22.1. The van der Waals surface area contributed by atoms with Crippen molar-refractivity contribution < 1.29 is 18.1 Å². The highest BCUT2D eigenvalue weighted by molar-refractivity contribution is 8.14. The maximum Gasteiger partial charge on any atom is 0.416 e. The predicted octanol–water partition coefficient (Wildman–Crippen LogP) is 5.65. The number of thioether (sulfide) groups is 1. The minimum absolute atomic E-state index is 0.00433. The molecule has 2 aliphatic heterocycles. The van der Waals surface area contributed by atoms with Crippen LogP contribution in [0.5, 0.6) is 0 Å². The van der Waals surface area contributed by atoms with E-state index in [-0.39, 0.29) is 17.0 Å². The lowest BCUT2D eigenvalue weighted by molar-refractivity contribution is -0.388. The van der Waals surface area contributed by atoms with Crippen molar-refractivity contribution >= 4 is 28.5 Å². The van der Waals surface area contributed by atoms with Crippen LogP contribution in [0.4, 0.5) is 18.9 Å². The Balaban J connectivity index is 1.56. The van der Waals surface area contributed by atoms with Gasteiger partial charge < -0.3 is 4.90 Å². The Labute approximate surface area is 176 Å². The second-order valence-corrected chi connectivity index (χ2v) is 8.93. The molecule has 30 heavy (non-hydrogen) atoms. The molecule has 3 aliphatic rings. The molecular formula is C20H23F3N4O2S. The zero-order valence-corrected chi connectivity index (χ0v) is 17.3. The van der Waals surface area contributed by atoms with E-state index in [1.807, 2.05) is 4.90 Å². The van der Waals surface area contributed by atoms with Gasteiger partial charge in [0.25, 0.3) is 5.69 Å². The van der Waals surface area contributed by atoms with Crippen molar-refractivity contribution in [3.05, 3.63) is 33.4 Å². The molecule has 0 bridgehead atoms. The van der Waals surface area contributed by atoms with Gasteiger partial charge in [0, 0.05) is 19.0 Å². The third kappa shape index (κ3) is 4.48. The van der Waals surface area contributed by atoms with E-state index in [4.69, 9.17) is 0 Å². The number of hydrogen-bond acceptors (Lipinski definition) is 6. The normalized spacial score (nSPS) is 20.4. The third-order valence-corrected chi connectivity index (χ3v) is 7.06. The number of hydrogen-bond donors (Lipinski definition) is 0. The smallest absolute Gasteiger partial charge is 0.307 e. The van der Waals surface area contributed by atoms with Crippen molar-refractivity contribution in [2.24, 2.45) is 15.9 Å². The fourth-order valence-corrected chi connectivity index (χ4v) is 5.44. The topological polar surface area (TPSA) is 71.1 Å². The second kappa shape index (κ2) is 8.56. The SMILES string of the molecule is O=[N+]([O-])c1cc(C(F)(F)F)cc2c1SC(N1CCN=C1CC1CCCCCC1)=NC2. The molecule has 0 N–H and O–H groups in total. The number of halogens is 3. The van der Waals surface area contributed by atoms with Crippen LogP contribution in [0.25, 0.3) is 0 Å². The fourth-order valence-electron chi connectivity index (χ4n) is 4.32. The first-order valence-electron chi connectivity index (χ1n) is 10.2. The summed E-state index contributed by atoms with van der Waals surface area (Å²) >= 11 is 1.08. The maximum atomic E-state index is 13.1. The average Bonchev–Trinajstić information content (AvgIpc) is 3.00. The Morgan fingerprint density at radius 2 is 1.90 bits per heavy atom. The van der Waals surface area contributed by atoms with Crippen LogP contribution in [-0.2, 0) is 12.7 Å². The molecule has 0 radical (unpaired) electrons. The number of alkyl halides is 3. The summed E-state index contributed by atoms with van der Waals surface area (Å²) < 4.78 is 39.4. The summed E-state index contributed by atoms with van der Waals surface area (Å²) in [5.74, 6) is 1.53. The first kappa shape index (κ1) is 21.1. The Morgan fingerprint density at radius 3 is 2.57 bits per heavy atom. The van der Waals surface area contributed by atoms with Gasteiger partial charge in [0.1, 0.15) is 5.84 Å². The quantitative estimate of drug-likeness (QED) is 0.346. The summed E-state index contributed by atoms with van der Waals surface area (Å²) in [6.45, 7) is 1.29. The van der Waals surface area contributed by atoms with Gasteiger partial charge in [-0.05, 0) is 29.3 Å². The molecule has 1 fully saturated rings. The molecule has 1 saturated carbocycles. The molecule has 0 atom stereocenters. The van der Waals surface area contributed by atoms with E-state index < -0.39 is 22.4 Å². The molecule has 1 aromatic rings. The molecule has 6 nitrogen and oxygen atoms in total. The van der Waals surface area contributed by atoms with Gasteiger partial charge in [-0.3, -0.25) is 20.1 Å². The summed E-state index contributed by atoms with van der Waals surface area (Å²) in [5.41, 5.74) is -1.28. The van der Waals surface area contributed by atoms with Crippen molar-refractivity contribution in [2.45, 2.75) is 62.6 Å². The van der Waals surface area contributed by atoms with E-state index in [0.29, 0.717) is 30.2 Å². The van der Waals surface area contributed by atoms with Crippen LogP contribution >= 0.6 is 11.8 Å². The Hall–Kier alpha value is -2.10. The average molecular weight is 440 g/mol. The van der Waals surface area contributed by atoms with Crippen LogP contribution in [0.3, 0.4) is 0 Å². The van der Waals surface area contributed by atoms with Gasteiger partial charge in [-0.25, -0.2) is 0 Å². The van der Waals surface area contributed by atoms with E-state index in [1.165, 1.54) is 38.5 Å². The highest BCUT2D eigenvalue weighted by atomic mass is 32.2. The molecule has 0 spiro atoms. The summed E-state index contributed by atoms with van der Waals surface area (Å²) in [6.07, 6.45) is 3.60. The Bertz CT molecular complexity index is 893. The lowest BCUT2D eigenvalue weighted by Gasteiger charge is -2.27. The standard InChI is InChI=1S/C20H23F3N4O2S/c21-20(22,23)15-10-14-12-25-19(30-18(14)16(11-15)27(28)29)26-8-7-24-17(26)9-13-5-3-1-2-4-6-13/h10-11,13H,1-9,12H2. The minimum Gasteiger partial charge on any atom is -0.307 e. The number of rotatable bonds is 3. The summed E-state index contributed by atoms with van der Waals surface area (Å²) in [7, 11) is 0. The number of amidine groups is 2. The Morgan fingerprint density at radius 1 is 1.17 bits per heavy atom. The van der Waals surface area contributed by atoms with E-state index in [0.717, 1.165) is 30.1 Å². The molecule has 162 valence electrons. The molecule has 10 heteroatoms. The number of nitro benzene ring substituents is 1. The van der Waals surface area contributed by atoms with Crippen LogP contribution < -0.4 is 0 Å². The zero-order chi connectivity index (χ0) is 21.3. The third-order valence-electron chi connectivity index (χ3n) is 5.85. The van der Waals surface area contributed by atoms with Gasteiger partial charge in [-0.15, -0.1) is 0 Å². The van der Waals surface area contributed by atoms with Crippen LogP contribution in [0, 0.1) is 16.0 Å². The van der Waals surface area contributed by atoms with Gasteiger partial charge in [-0.2, -0.15) is 13.2 Å². The van der Waals surface area contributed by atoms with Crippen LogP contribution in [0.15, 0.2) is 27.0 Å². The number of fused-ring (bicyclic) bond motifs is 1. The largest absolute Gasteiger partial charge is 0.416 e. The van der Waals surface area contributed by atoms with E-state index in [1.54, 1.807) is 0 Å². The fraction of sp³-hybridized carbons (Fsp3) is 0.600. The molecule has 0 saturated heterocycles. The van der Waals surface area contributed by atoms with E-state index >= 15 is 0 Å². The predicted molar refractivity (Wildman–Crippen MR) is 110 cm³/mol. The molecule has 2 heterocycles. The molecule has 1 aromatic carbocycles. The highest BCUT2D eigenvalue weighted by Crippen LogP contribution is 2.42. The molecule has 0 amide bonds. The monoisotopic (exact) mass is 440 g/mol. The summed E-state index contributed by atoms with van der Waals surface area (Å²) in [5, 5.41) is 12.1. The van der Waals surface area contributed by atoms with Crippen molar-refractivity contribution in [1.29, 1.82) is 0 Å². The van der Waals surface area contributed by atoms with E-state index in [2.05, 4.69) is 9.98 Å². The summed E-state index contributed by atoms with van der Waals surface area (Å²) in [6, 6.07) is 1.60. The van der Waals surface area contributed by atoms with Gasteiger partial charge in [0.05, 0.1) is 28.5 Å². The van der Waals surface area contributed by atoms with E-state index in [9.17, 15) is 23.3 Å². The van der Waals surface area contributed by atoms with Gasteiger partial charge >= 0.3 is 6.18 Å². The lowest BCUT2D eigenvalue weighted by atomic mass is 9.96. The van der Waals surface area contributed by atoms with Gasteiger partial charge in [-0.1, -0.05) is 38.5 Å². The van der Waals surface area contributed by atoms with Gasteiger partial charge in [0.2, 0.25) is 0 Å². The van der Waals surface area contributed by atoms with Crippen LogP contribution in [-0.4, -0.2) is 33.9 Å². The lowest BCUT2D eigenvalue weighted by Crippen LogP contribution is -2.34. The Kier molecular flexibility index (Phi) is 6.04. The van der Waals surface area contributed by atoms with Crippen molar-refractivity contribution in [3.8, 4) is 0 Å². The van der Waals surface area contributed by atoms with Crippen LogP contribution in [0.1, 0.15) is 56.1 Å². The number of benzene rings is 1. The van der Waals surface area contributed by atoms with Crippen molar-refractivity contribution in [2.75, 3.05) is 13.1 Å². The molecule has 4 rings (SSSR count). The number of aliphatic imine (C=N–C) groups is 2. The number of nitrogens with zero attached hydrogens (tertiary/aromatic N) is 4. The van der Waals surface area contributed by atoms with Gasteiger partial charge in [0.15, 0.2) is 5.17 Å². The molecular weight excluding hydrogens is 417 g/mol. The molecule has 0 unspecified atom stereocenters. The highest BCUT2D eigenvalue weighted by Gasteiger charge is 2.37. The molecule has 0 aromatic heterocycles. The maximum absolute atomic E-state index is 13.1. The first-order chi connectivity index (χ1) is 14.3. The first-order valence-corrected chi connectivity index (χ1v) is 11.1. The van der Waals surface area contributed by atoms with Crippen LogP contribution in [0.2, 0.25) is 0 Å². The van der Waals surface area contributed by atoms with Crippen molar-refractivity contribution in [3.63, 3.8) is 0 Å². The second-order valence-electron chi connectivity index (χ2n) is 7.95.